The lowest BCUT2D eigenvalue weighted by Crippen LogP contribution is -2.11. The van der Waals surface area contributed by atoms with E-state index in [2.05, 4.69) is 14.7 Å². The lowest BCUT2D eigenvalue weighted by molar-refractivity contribution is -0.131. The fourth-order valence-electron chi connectivity index (χ4n) is 1.35. The Morgan fingerprint density at radius 3 is 2.67 bits per heavy atom. The topological polar surface area (TPSA) is 38.9 Å². The van der Waals surface area contributed by atoms with Crippen LogP contribution in [0.3, 0.4) is 0 Å². The van der Waals surface area contributed by atoms with Crippen LogP contribution >= 0.6 is 11.6 Å². The average molecular weight is 277 g/mol. The van der Waals surface area contributed by atoms with Gasteiger partial charge in [-0.25, -0.2) is 0 Å². The number of nitrogens with zero attached hydrogens (tertiary/aromatic N) is 2. The first-order chi connectivity index (χ1) is 8.35. The zero-order valence-corrected chi connectivity index (χ0v) is 10.0. The van der Waals surface area contributed by atoms with Gasteiger partial charge in [0, 0.05) is 10.6 Å². The molecule has 7 heteroatoms. The molecule has 1 heterocycles. The Kier molecular flexibility index (Phi) is 3.30. The zero-order valence-electron chi connectivity index (χ0n) is 9.25. The van der Waals surface area contributed by atoms with Crippen molar-refractivity contribution in [3.8, 4) is 11.4 Å². The van der Waals surface area contributed by atoms with Crippen LogP contribution in [0.5, 0.6) is 0 Å². The van der Waals surface area contributed by atoms with E-state index in [1.54, 1.807) is 18.2 Å². The number of hydrogen-bond donors (Lipinski definition) is 0. The molecule has 0 spiro atoms. The first kappa shape index (κ1) is 12.9. The minimum absolute atomic E-state index is 0.0937. The second kappa shape index (κ2) is 4.61. The molecule has 0 bridgehead atoms. The van der Waals surface area contributed by atoms with Gasteiger partial charge >= 0.3 is 6.18 Å². The van der Waals surface area contributed by atoms with Gasteiger partial charge in [-0.3, -0.25) is 0 Å². The number of rotatable bonds is 2. The van der Waals surface area contributed by atoms with Gasteiger partial charge in [0.15, 0.2) is 0 Å². The van der Waals surface area contributed by atoms with E-state index in [1.807, 2.05) is 6.92 Å². The Labute approximate surface area is 106 Å². The molecule has 0 radical (unpaired) electrons. The van der Waals surface area contributed by atoms with E-state index in [0.29, 0.717) is 10.6 Å². The summed E-state index contributed by atoms with van der Waals surface area (Å²) < 4.78 is 40.9. The van der Waals surface area contributed by atoms with Crippen molar-refractivity contribution in [3.63, 3.8) is 0 Å². The Balaban J connectivity index is 2.26. The third-order valence-corrected chi connectivity index (χ3v) is 2.66. The molecule has 0 saturated carbocycles. The standard InChI is InChI=1S/C11H8ClF3N2O/c1-6-2-3-7(4-8(6)12)10-16-9(18-17-10)5-11(13,14)15/h2-4H,5H2,1H3. The maximum Gasteiger partial charge on any atom is 0.397 e. The van der Waals surface area contributed by atoms with Crippen molar-refractivity contribution in [2.24, 2.45) is 0 Å². The summed E-state index contributed by atoms with van der Waals surface area (Å²) in [6.45, 7) is 1.82. The molecule has 0 aliphatic carbocycles. The molecule has 1 aromatic carbocycles. The second-order valence-electron chi connectivity index (χ2n) is 3.77. The number of benzene rings is 1. The van der Waals surface area contributed by atoms with Crippen molar-refractivity contribution in [1.29, 1.82) is 0 Å². The van der Waals surface area contributed by atoms with Gasteiger partial charge < -0.3 is 4.52 Å². The molecule has 0 N–H and O–H groups in total. The fraction of sp³-hybridized carbons (Fsp3) is 0.273. The molecule has 0 atom stereocenters. The maximum atomic E-state index is 12.1. The fourth-order valence-corrected chi connectivity index (χ4v) is 1.53. The van der Waals surface area contributed by atoms with Crippen molar-refractivity contribution in [3.05, 3.63) is 34.7 Å². The van der Waals surface area contributed by atoms with Crippen molar-refractivity contribution in [2.75, 3.05) is 0 Å². The lowest BCUT2D eigenvalue weighted by Gasteiger charge is -2.00. The number of halogens is 4. The van der Waals surface area contributed by atoms with E-state index in [1.165, 1.54) is 0 Å². The quantitative estimate of drug-likeness (QED) is 0.837. The van der Waals surface area contributed by atoms with E-state index in [-0.39, 0.29) is 5.82 Å². The highest BCUT2D eigenvalue weighted by Gasteiger charge is 2.31. The van der Waals surface area contributed by atoms with Crippen LogP contribution in [0.25, 0.3) is 11.4 Å². The van der Waals surface area contributed by atoms with E-state index >= 15 is 0 Å². The van der Waals surface area contributed by atoms with Crippen LogP contribution in [0.15, 0.2) is 22.7 Å². The van der Waals surface area contributed by atoms with E-state index in [0.717, 1.165) is 5.56 Å². The predicted octanol–water partition coefficient (Wildman–Crippen LogP) is 3.80. The summed E-state index contributed by atoms with van der Waals surface area (Å²) in [7, 11) is 0. The molecule has 18 heavy (non-hydrogen) atoms. The molecule has 3 nitrogen and oxygen atoms in total. The summed E-state index contributed by atoms with van der Waals surface area (Å²) in [4.78, 5) is 3.68. The van der Waals surface area contributed by atoms with Crippen LogP contribution < -0.4 is 0 Å². The summed E-state index contributed by atoms with van der Waals surface area (Å²) in [5.74, 6) is -0.370. The molecular formula is C11H8ClF3N2O. The summed E-state index contributed by atoms with van der Waals surface area (Å²) in [6.07, 6.45) is -5.60. The van der Waals surface area contributed by atoms with Crippen LogP contribution in [0.1, 0.15) is 11.5 Å². The number of aryl methyl sites for hydroxylation is 1. The van der Waals surface area contributed by atoms with Crippen LogP contribution in [0.4, 0.5) is 13.2 Å². The maximum absolute atomic E-state index is 12.1. The first-order valence-electron chi connectivity index (χ1n) is 5.01. The highest BCUT2D eigenvalue weighted by atomic mass is 35.5. The molecule has 0 amide bonds. The minimum Gasteiger partial charge on any atom is -0.339 e. The van der Waals surface area contributed by atoms with Crippen LogP contribution in [-0.2, 0) is 6.42 Å². The van der Waals surface area contributed by atoms with Crippen molar-refractivity contribution >= 4 is 11.6 Å². The summed E-state index contributed by atoms with van der Waals surface area (Å²) in [6, 6.07) is 4.99. The molecule has 2 rings (SSSR count). The number of hydrogen-bond acceptors (Lipinski definition) is 3. The Morgan fingerprint density at radius 2 is 2.06 bits per heavy atom. The summed E-state index contributed by atoms with van der Waals surface area (Å²) >= 11 is 5.91. The van der Waals surface area contributed by atoms with Gasteiger partial charge in [0.25, 0.3) is 0 Å². The highest BCUT2D eigenvalue weighted by Crippen LogP contribution is 2.25. The minimum atomic E-state index is -4.37. The highest BCUT2D eigenvalue weighted by molar-refractivity contribution is 6.31. The normalized spacial score (nSPS) is 11.8. The van der Waals surface area contributed by atoms with Crippen molar-refractivity contribution in [1.82, 2.24) is 10.1 Å². The number of aromatic nitrogens is 2. The summed E-state index contributed by atoms with van der Waals surface area (Å²) in [5, 5.41) is 3.99. The predicted molar refractivity (Wildman–Crippen MR) is 59.2 cm³/mol. The SMILES string of the molecule is Cc1ccc(-c2noc(CC(F)(F)F)n2)cc1Cl. The average Bonchev–Trinajstić information content (AvgIpc) is 2.68. The molecule has 1 aromatic heterocycles. The van der Waals surface area contributed by atoms with Gasteiger partial charge in [-0.2, -0.15) is 18.2 Å². The van der Waals surface area contributed by atoms with Crippen LogP contribution in [0, 0.1) is 6.92 Å². The molecule has 96 valence electrons. The monoisotopic (exact) mass is 276 g/mol. The van der Waals surface area contributed by atoms with E-state index < -0.39 is 18.5 Å². The van der Waals surface area contributed by atoms with Crippen LogP contribution in [-0.4, -0.2) is 16.3 Å². The Bertz CT molecular complexity index is 566. The number of alkyl halides is 3. The van der Waals surface area contributed by atoms with Crippen molar-refractivity contribution in [2.45, 2.75) is 19.5 Å². The van der Waals surface area contributed by atoms with Gasteiger partial charge in [-0.1, -0.05) is 28.9 Å². The molecule has 0 fully saturated rings. The molecular weight excluding hydrogens is 269 g/mol. The third kappa shape index (κ3) is 3.01. The molecule has 0 unspecified atom stereocenters. The van der Waals surface area contributed by atoms with Gasteiger partial charge in [0.1, 0.15) is 6.42 Å². The van der Waals surface area contributed by atoms with Gasteiger partial charge in [-0.05, 0) is 18.6 Å². The Morgan fingerprint density at radius 1 is 1.33 bits per heavy atom. The van der Waals surface area contributed by atoms with Gasteiger partial charge in [-0.15, -0.1) is 0 Å². The molecule has 2 aromatic rings. The smallest absolute Gasteiger partial charge is 0.339 e. The Hall–Kier alpha value is -1.56. The van der Waals surface area contributed by atoms with E-state index in [9.17, 15) is 13.2 Å². The lowest BCUT2D eigenvalue weighted by atomic mass is 10.1. The van der Waals surface area contributed by atoms with Crippen molar-refractivity contribution < 1.29 is 17.7 Å². The zero-order chi connectivity index (χ0) is 13.3. The largest absolute Gasteiger partial charge is 0.397 e. The molecule has 0 aliphatic heterocycles. The van der Waals surface area contributed by atoms with Gasteiger partial charge in [0.05, 0.1) is 0 Å². The van der Waals surface area contributed by atoms with Gasteiger partial charge in [0.2, 0.25) is 11.7 Å². The molecule has 0 aliphatic rings. The molecule has 0 saturated heterocycles. The second-order valence-corrected chi connectivity index (χ2v) is 4.17. The van der Waals surface area contributed by atoms with E-state index in [4.69, 9.17) is 11.6 Å². The third-order valence-electron chi connectivity index (χ3n) is 2.25. The van der Waals surface area contributed by atoms with Crippen LogP contribution in [0.2, 0.25) is 5.02 Å². The summed E-state index contributed by atoms with van der Waals surface area (Å²) in [5.41, 5.74) is 1.38. The first-order valence-corrected chi connectivity index (χ1v) is 5.39.